The van der Waals surface area contributed by atoms with Crippen molar-refractivity contribution in [3.8, 4) is 0 Å². The third-order valence-electron chi connectivity index (χ3n) is 5.60. The molecule has 174 valence electrons. The van der Waals surface area contributed by atoms with Gasteiger partial charge in [0.05, 0.1) is 16.6 Å². The van der Waals surface area contributed by atoms with Gasteiger partial charge in [-0.1, -0.05) is 6.42 Å². The van der Waals surface area contributed by atoms with E-state index in [1.807, 2.05) is 22.6 Å². The van der Waals surface area contributed by atoms with Crippen molar-refractivity contribution in [2.24, 2.45) is 0 Å². The van der Waals surface area contributed by atoms with Crippen molar-refractivity contribution in [3.05, 3.63) is 49.6 Å². The number of hydrogen-bond acceptors (Lipinski definition) is 4. The number of aromatic nitrogens is 1. The largest absolute Gasteiger partial charge is 0.406 e. The zero-order valence-corrected chi connectivity index (χ0v) is 19.7. The number of nitrogens with one attached hydrogen (secondary N) is 2. The third kappa shape index (κ3) is 5.05. The Morgan fingerprint density at radius 3 is 2.31 bits per heavy atom. The van der Waals surface area contributed by atoms with Crippen LogP contribution in [0.1, 0.15) is 43.6 Å². The molecular weight excluding hydrogens is 565 g/mol. The van der Waals surface area contributed by atoms with Crippen LogP contribution in [0.2, 0.25) is 0 Å². The van der Waals surface area contributed by atoms with Crippen LogP contribution in [0, 0.1) is 9.39 Å². The van der Waals surface area contributed by atoms with E-state index in [9.17, 15) is 30.8 Å². The second kappa shape index (κ2) is 8.50. The Labute approximate surface area is 195 Å². The van der Waals surface area contributed by atoms with Crippen molar-refractivity contribution in [1.29, 1.82) is 0 Å². The quantitative estimate of drug-likeness (QED) is 0.352. The number of benzene rings is 1. The molecule has 0 radical (unpaired) electrons. The molecule has 2 aliphatic rings. The van der Waals surface area contributed by atoms with E-state index in [0.717, 1.165) is 6.42 Å². The van der Waals surface area contributed by atoms with Gasteiger partial charge in [0, 0.05) is 9.13 Å². The maximum atomic E-state index is 14.5. The van der Waals surface area contributed by atoms with E-state index in [0.29, 0.717) is 33.8 Å². The fourth-order valence-electron chi connectivity index (χ4n) is 3.55. The van der Waals surface area contributed by atoms with E-state index >= 15 is 0 Å². The lowest BCUT2D eigenvalue weighted by Crippen LogP contribution is -2.36. The van der Waals surface area contributed by atoms with Gasteiger partial charge >= 0.3 is 6.18 Å². The Morgan fingerprint density at radius 2 is 1.78 bits per heavy atom. The number of pyridine rings is 1. The lowest BCUT2D eigenvalue weighted by molar-refractivity contribution is -0.140. The Hall–Kier alpha value is -1.83. The molecule has 1 aromatic carbocycles. The summed E-state index contributed by atoms with van der Waals surface area (Å²) in [5.74, 6) is -1.42. The number of anilines is 3. The van der Waals surface area contributed by atoms with Crippen LogP contribution in [0.5, 0.6) is 0 Å². The number of hydrogen-bond donors (Lipinski definition) is 2. The van der Waals surface area contributed by atoms with Crippen LogP contribution >= 0.6 is 22.6 Å². The standard InChI is InChI=1S/C20H20F4IN3O3S/c21-15-8-12(25)6-7-16(15)26-18-17(27-32(30,31)13-2-1-3-13)9-14(11-4-5-11)19(29)28(18)10-20(22,23)24/h6-9,11,13,26-27H,1-5,10H2. The summed E-state index contributed by atoms with van der Waals surface area (Å²) in [6.07, 6.45) is -1.85. The summed E-state index contributed by atoms with van der Waals surface area (Å²) in [6.45, 7) is -1.64. The van der Waals surface area contributed by atoms with Crippen LogP contribution in [0.15, 0.2) is 29.1 Å². The summed E-state index contributed by atoms with van der Waals surface area (Å²) in [6, 6.07) is 5.31. The van der Waals surface area contributed by atoms with Crippen LogP contribution in [-0.2, 0) is 16.6 Å². The van der Waals surface area contributed by atoms with Crippen LogP contribution in [0.25, 0.3) is 0 Å². The van der Waals surface area contributed by atoms with Crippen LogP contribution in [-0.4, -0.2) is 24.4 Å². The molecule has 2 aliphatic carbocycles. The van der Waals surface area contributed by atoms with E-state index < -0.39 is 45.2 Å². The zero-order chi connectivity index (χ0) is 23.3. The van der Waals surface area contributed by atoms with E-state index in [2.05, 4.69) is 10.0 Å². The summed E-state index contributed by atoms with van der Waals surface area (Å²) < 4.78 is 83.5. The molecule has 2 aromatic rings. The van der Waals surface area contributed by atoms with E-state index in [1.165, 1.54) is 24.3 Å². The lowest BCUT2D eigenvalue weighted by atomic mass is 10.0. The number of rotatable bonds is 7. The second-order valence-electron chi connectivity index (χ2n) is 8.09. The van der Waals surface area contributed by atoms with E-state index in [-0.39, 0.29) is 22.9 Å². The second-order valence-corrected chi connectivity index (χ2v) is 11.3. The van der Waals surface area contributed by atoms with Gasteiger partial charge < -0.3 is 5.32 Å². The molecule has 0 saturated heterocycles. The molecule has 12 heteroatoms. The first-order valence-corrected chi connectivity index (χ1v) is 12.7. The molecule has 0 spiro atoms. The van der Waals surface area contributed by atoms with Crippen LogP contribution in [0.3, 0.4) is 0 Å². The molecule has 0 unspecified atom stereocenters. The van der Waals surface area contributed by atoms with Crippen molar-refractivity contribution in [3.63, 3.8) is 0 Å². The average Bonchev–Trinajstić information content (AvgIpc) is 3.44. The fraction of sp³-hybridized carbons (Fsp3) is 0.450. The number of alkyl halides is 3. The van der Waals surface area contributed by atoms with Gasteiger partial charge in [-0.25, -0.2) is 12.8 Å². The van der Waals surface area contributed by atoms with Crippen molar-refractivity contribution >= 4 is 49.8 Å². The summed E-state index contributed by atoms with van der Waals surface area (Å²) in [5.41, 5.74) is -1.12. The summed E-state index contributed by atoms with van der Waals surface area (Å²) in [5, 5.41) is 1.89. The Kier molecular flexibility index (Phi) is 6.20. The predicted molar refractivity (Wildman–Crippen MR) is 121 cm³/mol. The Balaban J connectivity index is 1.87. The zero-order valence-electron chi connectivity index (χ0n) is 16.7. The number of halogens is 5. The molecular formula is C20H20F4IN3O3S. The topological polar surface area (TPSA) is 80.2 Å². The maximum absolute atomic E-state index is 14.5. The molecule has 6 nitrogen and oxygen atoms in total. The predicted octanol–water partition coefficient (Wildman–Crippen LogP) is 5.07. The summed E-state index contributed by atoms with van der Waals surface area (Å²) in [7, 11) is -3.89. The minimum absolute atomic E-state index is 0.120. The summed E-state index contributed by atoms with van der Waals surface area (Å²) in [4.78, 5) is 12.9. The molecule has 0 aliphatic heterocycles. The minimum atomic E-state index is -4.75. The van der Waals surface area contributed by atoms with Crippen molar-refractivity contribution < 1.29 is 26.0 Å². The van der Waals surface area contributed by atoms with E-state index in [4.69, 9.17) is 0 Å². The maximum Gasteiger partial charge on any atom is 0.406 e. The van der Waals surface area contributed by atoms with Gasteiger partial charge in [0.25, 0.3) is 5.56 Å². The van der Waals surface area contributed by atoms with Crippen molar-refractivity contribution in [1.82, 2.24) is 4.57 Å². The van der Waals surface area contributed by atoms with Gasteiger partial charge in [0.1, 0.15) is 18.2 Å². The monoisotopic (exact) mass is 585 g/mol. The van der Waals surface area contributed by atoms with Crippen LogP contribution in [0.4, 0.5) is 34.8 Å². The van der Waals surface area contributed by atoms with Gasteiger partial charge in [-0.2, -0.15) is 13.2 Å². The normalized spacial score (nSPS) is 17.2. The highest BCUT2D eigenvalue weighted by molar-refractivity contribution is 14.1. The molecule has 4 rings (SSSR count). The third-order valence-corrected chi connectivity index (χ3v) is 8.12. The molecule has 0 bridgehead atoms. The van der Waals surface area contributed by atoms with Gasteiger partial charge in [-0.15, -0.1) is 0 Å². The molecule has 1 aromatic heterocycles. The van der Waals surface area contributed by atoms with Crippen LogP contribution < -0.4 is 15.6 Å². The highest BCUT2D eigenvalue weighted by atomic mass is 127. The molecule has 0 atom stereocenters. The average molecular weight is 585 g/mol. The molecule has 32 heavy (non-hydrogen) atoms. The first-order valence-electron chi connectivity index (χ1n) is 10.0. The number of nitrogens with zero attached hydrogens (tertiary/aromatic N) is 1. The highest BCUT2D eigenvalue weighted by Crippen LogP contribution is 2.41. The van der Waals surface area contributed by atoms with Gasteiger partial charge in [0.2, 0.25) is 10.0 Å². The minimum Gasteiger partial charge on any atom is -0.337 e. The molecule has 1 heterocycles. The smallest absolute Gasteiger partial charge is 0.337 e. The first kappa shape index (κ1) is 23.3. The molecule has 2 saturated carbocycles. The Morgan fingerprint density at radius 1 is 1.09 bits per heavy atom. The highest BCUT2D eigenvalue weighted by Gasteiger charge is 2.36. The fourth-order valence-corrected chi connectivity index (χ4v) is 5.59. The first-order chi connectivity index (χ1) is 14.9. The van der Waals surface area contributed by atoms with Crippen molar-refractivity contribution in [2.45, 2.75) is 56.0 Å². The SMILES string of the molecule is O=c1c(C2CC2)cc(NS(=O)(=O)C2CCC2)c(Nc2ccc(I)cc2F)n1CC(F)(F)F. The molecule has 2 fully saturated rings. The van der Waals surface area contributed by atoms with Gasteiger partial charge in [0.15, 0.2) is 0 Å². The van der Waals surface area contributed by atoms with Gasteiger partial charge in [-0.05, 0) is 78.5 Å². The van der Waals surface area contributed by atoms with E-state index in [1.54, 1.807) is 0 Å². The molecule has 0 amide bonds. The summed E-state index contributed by atoms with van der Waals surface area (Å²) >= 11 is 1.88. The Bertz CT molecular complexity index is 1210. The lowest BCUT2D eigenvalue weighted by Gasteiger charge is -2.27. The van der Waals surface area contributed by atoms with Gasteiger partial charge in [-0.3, -0.25) is 14.1 Å². The number of sulfonamides is 1. The van der Waals surface area contributed by atoms with Crippen molar-refractivity contribution in [2.75, 3.05) is 10.0 Å². The molecule has 2 N–H and O–H groups in total.